The van der Waals surface area contributed by atoms with Gasteiger partial charge in [-0.1, -0.05) is 47.6 Å². The van der Waals surface area contributed by atoms with Crippen LogP contribution in [0.1, 0.15) is 18.5 Å². The number of rotatable bonds is 7. The fraction of sp³-hybridized carbons (Fsp3) is 0.211. The lowest BCUT2D eigenvalue weighted by Gasteiger charge is -2.14. The number of nitrogens with zero attached hydrogens (tertiary/aromatic N) is 3. The van der Waals surface area contributed by atoms with Crippen LogP contribution in [0.15, 0.2) is 60.0 Å². The van der Waals surface area contributed by atoms with Crippen LogP contribution in [0.4, 0.5) is 0 Å². The molecule has 1 N–H and O–H groups in total. The zero-order chi connectivity index (χ0) is 19.2. The third kappa shape index (κ3) is 4.81. The summed E-state index contributed by atoms with van der Waals surface area (Å²) in [6.07, 6.45) is 1.61. The predicted octanol–water partition coefficient (Wildman–Crippen LogP) is 3.90. The van der Waals surface area contributed by atoms with E-state index in [4.69, 9.17) is 16.3 Å². The molecule has 3 rings (SSSR count). The molecular weight excluding hydrogens is 384 g/mol. The molecule has 1 amide bonds. The molecule has 6 nitrogen and oxygen atoms in total. The molecule has 0 radical (unpaired) electrons. The van der Waals surface area contributed by atoms with Crippen molar-refractivity contribution in [3.05, 3.63) is 65.4 Å². The standard InChI is InChI=1S/C19H19ClN4O2S/c1-13(14-7-9-15(20)10-8-14)22-18(25)11-27-19-23-21-12-24(19)16-5-3-4-6-17(16)26-2/h3-10,12-13H,11H2,1-2H3,(H,22,25). The SMILES string of the molecule is COc1ccccc1-n1cnnc1SCC(=O)NC(C)c1ccc(Cl)cc1. The van der Waals surface area contributed by atoms with E-state index in [9.17, 15) is 4.79 Å². The number of aromatic nitrogens is 3. The van der Waals surface area contributed by atoms with E-state index in [1.807, 2.05) is 55.5 Å². The molecule has 3 aromatic rings. The third-order valence-electron chi connectivity index (χ3n) is 3.94. The van der Waals surface area contributed by atoms with Gasteiger partial charge in [-0.15, -0.1) is 10.2 Å². The molecule has 0 aliphatic carbocycles. The van der Waals surface area contributed by atoms with Crippen LogP contribution >= 0.6 is 23.4 Å². The average Bonchev–Trinajstić information content (AvgIpc) is 3.15. The first-order chi connectivity index (χ1) is 13.1. The highest BCUT2D eigenvalue weighted by Gasteiger charge is 2.14. The normalized spacial score (nSPS) is 11.8. The lowest BCUT2D eigenvalue weighted by molar-refractivity contribution is -0.119. The van der Waals surface area contributed by atoms with Crippen molar-refractivity contribution in [1.29, 1.82) is 0 Å². The van der Waals surface area contributed by atoms with Crippen molar-refractivity contribution < 1.29 is 9.53 Å². The van der Waals surface area contributed by atoms with Gasteiger partial charge >= 0.3 is 0 Å². The van der Waals surface area contributed by atoms with E-state index in [0.29, 0.717) is 15.9 Å². The molecule has 0 aliphatic rings. The molecule has 0 bridgehead atoms. The molecule has 140 valence electrons. The van der Waals surface area contributed by atoms with Crippen molar-refractivity contribution in [2.24, 2.45) is 0 Å². The molecule has 0 aliphatic heterocycles. The number of methoxy groups -OCH3 is 1. The van der Waals surface area contributed by atoms with Crippen molar-refractivity contribution in [2.45, 2.75) is 18.1 Å². The molecule has 27 heavy (non-hydrogen) atoms. The van der Waals surface area contributed by atoms with E-state index in [0.717, 1.165) is 11.3 Å². The first-order valence-electron chi connectivity index (χ1n) is 8.29. The highest BCUT2D eigenvalue weighted by Crippen LogP contribution is 2.26. The van der Waals surface area contributed by atoms with E-state index >= 15 is 0 Å². The smallest absolute Gasteiger partial charge is 0.230 e. The van der Waals surface area contributed by atoms with Crippen molar-refractivity contribution in [2.75, 3.05) is 12.9 Å². The van der Waals surface area contributed by atoms with Gasteiger partial charge in [0.1, 0.15) is 12.1 Å². The lowest BCUT2D eigenvalue weighted by atomic mass is 10.1. The van der Waals surface area contributed by atoms with Crippen LogP contribution < -0.4 is 10.1 Å². The minimum Gasteiger partial charge on any atom is -0.495 e. The molecule has 8 heteroatoms. The Bertz CT molecular complexity index is 914. The molecule has 0 spiro atoms. The maximum atomic E-state index is 12.3. The highest BCUT2D eigenvalue weighted by molar-refractivity contribution is 7.99. The third-order valence-corrected chi connectivity index (χ3v) is 5.14. The summed E-state index contributed by atoms with van der Waals surface area (Å²) in [5.41, 5.74) is 1.82. The Hall–Kier alpha value is -2.51. The number of nitrogens with one attached hydrogen (secondary N) is 1. The van der Waals surface area contributed by atoms with Gasteiger partial charge in [0.15, 0.2) is 5.16 Å². The summed E-state index contributed by atoms with van der Waals surface area (Å²) in [5, 5.41) is 12.3. The zero-order valence-corrected chi connectivity index (χ0v) is 16.5. The van der Waals surface area contributed by atoms with Crippen LogP contribution in [0, 0.1) is 0 Å². The maximum Gasteiger partial charge on any atom is 0.230 e. The number of hydrogen-bond acceptors (Lipinski definition) is 5. The topological polar surface area (TPSA) is 69.0 Å². The van der Waals surface area contributed by atoms with Gasteiger partial charge in [0.05, 0.1) is 24.6 Å². The second-order valence-electron chi connectivity index (χ2n) is 5.78. The lowest BCUT2D eigenvalue weighted by Crippen LogP contribution is -2.28. The van der Waals surface area contributed by atoms with Crippen molar-refractivity contribution in [1.82, 2.24) is 20.1 Å². The summed E-state index contributed by atoms with van der Waals surface area (Å²) in [5.74, 6) is 0.850. The van der Waals surface area contributed by atoms with Gasteiger partial charge in [-0.25, -0.2) is 0 Å². The Balaban J connectivity index is 1.63. The molecule has 1 unspecified atom stereocenters. The van der Waals surface area contributed by atoms with E-state index in [1.54, 1.807) is 18.0 Å². The van der Waals surface area contributed by atoms with E-state index in [2.05, 4.69) is 15.5 Å². The number of hydrogen-bond donors (Lipinski definition) is 1. The van der Waals surface area contributed by atoms with Gasteiger partial charge in [0.2, 0.25) is 5.91 Å². The number of halogens is 1. The number of carbonyl (C=O) groups is 1. The molecule has 0 saturated heterocycles. The second-order valence-corrected chi connectivity index (χ2v) is 7.16. The van der Waals surface area contributed by atoms with E-state index < -0.39 is 0 Å². The Kier molecular flexibility index (Phi) is 6.36. The predicted molar refractivity (Wildman–Crippen MR) is 107 cm³/mol. The van der Waals surface area contributed by atoms with Crippen LogP contribution in [0.5, 0.6) is 5.75 Å². The Morgan fingerprint density at radius 3 is 2.74 bits per heavy atom. The number of ether oxygens (including phenoxy) is 1. The summed E-state index contributed by atoms with van der Waals surface area (Å²) in [4.78, 5) is 12.3. The molecule has 1 aromatic heterocycles. The fourth-order valence-corrected chi connectivity index (χ4v) is 3.42. The monoisotopic (exact) mass is 402 g/mol. The maximum absolute atomic E-state index is 12.3. The van der Waals surface area contributed by atoms with Crippen LogP contribution in [0.2, 0.25) is 5.02 Å². The summed E-state index contributed by atoms with van der Waals surface area (Å²) in [7, 11) is 1.61. The molecule has 2 aromatic carbocycles. The summed E-state index contributed by atoms with van der Waals surface area (Å²) >= 11 is 7.22. The van der Waals surface area contributed by atoms with Crippen molar-refractivity contribution in [3.63, 3.8) is 0 Å². The second kappa shape index (κ2) is 8.92. The van der Waals surface area contributed by atoms with Crippen LogP contribution in [-0.2, 0) is 4.79 Å². The summed E-state index contributed by atoms with van der Waals surface area (Å²) in [6.45, 7) is 1.93. The number of carbonyl (C=O) groups excluding carboxylic acids is 1. The number of thioether (sulfide) groups is 1. The van der Waals surface area contributed by atoms with Gasteiger partial charge in [-0.3, -0.25) is 9.36 Å². The highest BCUT2D eigenvalue weighted by atomic mass is 35.5. The number of para-hydroxylation sites is 2. The number of amides is 1. The number of benzene rings is 2. The van der Waals surface area contributed by atoms with Gasteiger partial charge < -0.3 is 10.1 Å². The first kappa shape index (κ1) is 19.3. The van der Waals surface area contributed by atoms with Crippen LogP contribution in [0.25, 0.3) is 5.69 Å². The minimum absolute atomic E-state index is 0.0861. The molecular formula is C19H19ClN4O2S. The largest absolute Gasteiger partial charge is 0.495 e. The molecule has 0 saturated carbocycles. The quantitative estimate of drug-likeness (QED) is 0.607. The first-order valence-corrected chi connectivity index (χ1v) is 9.66. The van der Waals surface area contributed by atoms with Crippen molar-refractivity contribution in [3.8, 4) is 11.4 Å². The van der Waals surface area contributed by atoms with Crippen LogP contribution in [0.3, 0.4) is 0 Å². The molecule has 1 atom stereocenters. The van der Waals surface area contributed by atoms with Gasteiger partial charge in [-0.2, -0.15) is 0 Å². The zero-order valence-electron chi connectivity index (χ0n) is 14.9. The minimum atomic E-state index is -0.109. The van der Waals surface area contributed by atoms with Crippen LogP contribution in [-0.4, -0.2) is 33.5 Å². The molecule has 1 heterocycles. The Morgan fingerprint density at radius 2 is 2.00 bits per heavy atom. The summed E-state index contributed by atoms with van der Waals surface area (Å²) < 4.78 is 7.19. The van der Waals surface area contributed by atoms with Crippen molar-refractivity contribution >= 4 is 29.3 Å². The summed E-state index contributed by atoms with van der Waals surface area (Å²) in [6, 6.07) is 14.9. The van der Waals surface area contributed by atoms with Gasteiger partial charge in [-0.05, 0) is 36.8 Å². The van der Waals surface area contributed by atoms with Gasteiger partial charge in [0, 0.05) is 5.02 Å². The van der Waals surface area contributed by atoms with E-state index in [-0.39, 0.29) is 17.7 Å². The fourth-order valence-electron chi connectivity index (χ4n) is 2.56. The Morgan fingerprint density at radius 1 is 1.26 bits per heavy atom. The molecule has 0 fully saturated rings. The Labute approximate surface area is 166 Å². The van der Waals surface area contributed by atoms with E-state index in [1.165, 1.54) is 11.8 Å². The average molecular weight is 403 g/mol. The van der Waals surface area contributed by atoms with Gasteiger partial charge in [0.25, 0.3) is 0 Å².